The minimum atomic E-state index is -0.103. The van der Waals surface area contributed by atoms with Gasteiger partial charge in [0.2, 0.25) is 11.7 Å². The molecule has 5 nitrogen and oxygen atoms in total. The summed E-state index contributed by atoms with van der Waals surface area (Å²) in [5.74, 6) is 2.73. The number of thioether (sulfide) groups is 1. The van der Waals surface area contributed by atoms with E-state index in [1.54, 1.807) is 11.8 Å². The van der Waals surface area contributed by atoms with Gasteiger partial charge in [0.25, 0.3) is 5.89 Å². The highest BCUT2D eigenvalue weighted by molar-refractivity contribution is 7.99. The van der Waals surface area contributed by atoms with Crippen LogP contribution in [0.4, 0.5) is 0 Å². The second kappa shape index (κ2) is 5.89. The van der Waals surface area contributed by atoms with Gasteiger partial charge in [0, 0.05) is 17.7 Å². The minimum absolute atomic E-state index is 0.103. The summed E-state index contributed by atoms with van der Waals surface area (Å²) in [5, 5.41) is 4.05. The molecule has 0 radical (unpaired) electrons. The van der Waals surface area contributed by atoms with Crippen molar-refractivity contribution < 1.29 is 9.32 Å². The second-order valence-electron chi connectivity index (χ2n) is 5.06. The molecule has 0 bridgehead atoms. The Morgan fingerprint density at radius 1 is 1.43 bits per heavy atom. The van der Waals surface area contributed by atoms with Crippen LogP contribution in [0.1, 0.15) is 30.8 Å². The van der Waals surface area contributed by atoms with Gasteiger partial charge in [0.1, 0.15) is 6.04 Å². The number of rotatable bonds is 3. The van der Waals surface area contributed by atoms with E-state index in [9.17, 15) is 4.79 Å². The van der Waals surface area contributed by atoms with Gasteiger partial charge in [-0.15, -0.1) is 11.8 Å². The van der Waals surface area contributed by atoms with Crippen molar-refractivity contribution in [1.29, 1.82) is 0 Å². The van der Waals surface area contributed by atoms with Crippen LogP contribution < -0.4 is 0 Å². The molecule has 1 fully saturated rings. The molecule has 1 aromatic carbocycles. The molecule has 21 heavy (non-hydrogen) atoms. The summed E-state index contributed by atoms with van der Waals surface area (Å²) in [6.45, 7) is 3.91. The molecule has 1 atom stereocenters. The van der Waals surface area contributed by atoms with Crippen LogP contribution in [0, 0.1) is 6.92 Å². The van der Waals surface area contributed by atoms with Crippen LogP contribution in [0.15, 0.2) is 28.8 Å². The first-order valence-corrected chi connectivity index (χ1v) is 8.12. The van der Waals surface area contributed by atoms with Crippen LogP contribution in [0.25, 0.3) is 11.4 Å². The van der Waals surface area contributed by atoms with Crippen LogP contribution >= 0.6 is 11.8 Å². The largest absolute Gasteiger partial charge is 0.337 e. The topological polar surface area (TPSA) is 59.2 Å². The molecule has 3 rings (SSSR count). The highest BCUT2D eigenvalue weighted by Gasteiger charge is 2.33. The van der Waals surface area contributed by atoms with E-state index in [4.69, 9.17) is 4.52 Å². The summed E-state index contributed by atoms with van der Waals surface area (Å²) in [6.07, 6.45) is 0.496. The minimum Gasteiger partial charge on any atom is -0.337 e. The maximum Gasteiger partial charge on any atom is 0.250 e. The maximum atomic E-state index is 11.9. The Labute approximate surface area is 127 Å². The van der Waals surface area contributed by atoms with Gasteiger partial charge in [-0.2, -0.15) is 4.98 Å². The third-order valence-corrected chi connectivity index (χ3v) is 4.55. The maximum absolute atomic E-state index is 11.9. The highest BCUT2D eigenvalue weighted by atomic mass is 32.2. The van der Waals surface area contributed by atoms with E-state index in [1.165, 1.54) is 5.56 Å². The van der Waals surface area contributed by atoms with Gasteiger partial charge in [-0.25, -0.2) is 0 Å². The lowest BCUT2D eigenvalue weighted by Crippen LogP contribution is -2.30. The SMILES string of the molecule is CCC(=O)N1CSCC1c1nc(-c2ccc(C)cc2)no1. The van der Waals surface area contributed by atoms with E-state index < -0.39 is 0 Å². The van der Waals surface area contributed by atoms with Gasteiger partial charge in [0.15, 0.2) is 0 Å². The Bertz CT molecular complexity index is 639. The van der Waals surface area contributed by atoms with E-state index >= 15 is 0 Å². The fourth-order valence-electron chi connectivity index (χ4n) is 2.29. The summed E-state index contributed by atoms with van der Waals surface area (Å²) < 4.78 is 5.39. The Balaban J connectivity index is 1.84. The lowest BCUT2D eigenvalue weighted by atomic mass is 10.1. The van der Waals surface area contributed by atoms with Crippen molar-refractivity contribution >= 4 is 17.7 Å². The Hall–Kier alpha value is -1.82. The number of carbonyl (C=O) groups excluding carboxylic acids is 1. The number of hydrogen-bond acceptors (Lipinski definition) is 5. The number of aromatic nitrogens is 2. The number of benzene rings is 1. The van der Waals surface area contributed by atoms with Crippen LogP contribution in [0.3, 0.4) is 0 Å². The van der Waals surface area contributed by atoms with Crippen LogP contribution in [0.5, 0.6) is 0 Å². The molecule has 1 aromatic heterocycles. The van der Waals surface area contributed by atoms with Crippen molar-refractivity contribution in [2.24, 2.45) is 0 Å². The molecule has 1 aliphatic heterocycles. The first-order chi connectivity index (χ1) is 10.2. The molecule has 1 unspecified atom stereocenters. The molecular weight excluding hydrogens is 286 g/mol. The second-order valence-corrected chi connectivity index (χ2v) is 6.05. The number of nitrogens with zero attached hydrogens (tertiary/aromatic N) is 3. The third-order valence-electron chi connectivity index (χ3n) is 3.54. The zero-order valence-corrected chi connectivity index (χ0v) is 12.9. The van der Waals surface area contributed by atoms with E-state index in [2.05, 4.69) is 10.1 Å². The van der Waals surface area contributed by atoms with E-state index in [1.807, 2.05) is 43.0 Å². The summed E-state index contributed by atoms with van der Waals surface area (Å²) in [4.78, 5) is 18.2. The Morgan fingerprint density at radius 3 is 2.90 bits per heavy atom. The standard InChI is InChI=1S/C15H17N3O2S/c1-3-13(19)18-9-21-8-12(18)15-16-14(17-20-15)11-6-4-10(2)5-7-11/h4-7,12H,3,8-9H2,1-2H3. The Morgan fingerprint density at radius 2 is 2.19 bits per heavy atom. The summed E-state index contributed by atoms with van der Waals surface area (Å²) in [7, 11) is 0. The smallest absolute Gasteiger partial charge is 0.250 e. The molecule has 0 spiro atoms. The fraction of sp³-hybridized carbons (Fsp3) is 0.400. The molecule has 0 aliphatic carbocycles. The lowest BCUT2D eigenvalue weighted by Gasteiger charge is -2.19. The van der Waals surface area contributed by atoms with E-state index in [0.717, 1.165) is 11.3 Å². The molecule has 0 N–H and O–H groups in total. The first kappa shape index (κ1) is 14.1. The Kier molecular flexibility index (Phi) is 3.96. The molecule has 2 heterocycles. The molecule has 1 amide bonds. The van der Waals surface area contributed by atoms with Gasteiger partial charge >= 0.3 is 0 Å². The van der Waals surface area contributed by atoms with E-state index in [-0.39, 0.29) is 11.9 Å². The third kappa shape index (κ3) is 2.81. The zero-order chi connectivity index (χ0) is 14.8. The molecule has 2 aromatic rings. The normalized spacial score (nSPS) is 18.2. The van der Waals surface area contributed by atoms with Crippen LogP contribution in [-0.4, -0.2) is 32.6 Å². The quantitative estimate of drug-likeness (QED) is 0.872. The number of amides is 1. The fourth-order valence-corrected chi connectivity index (χ4v) is 3.46. The molecule has 1 aliphatic rings. The lowest BCUT2D eigenvalue weighted by molar-refractivity contribution is -0.131. The first-order valence-electron chi connectivity index (χ1n) is 6.97. The van der Waals surface area contributed by atoms with Crippen LogP contribution in [0.2, 0.25) is 0 Å². The number of hydrogen-bond donors (Lipinski definition) is 0. The van der Waals surface area contributed by atoms with Crippen molar-refractivity contribution in [2.45, 2.75) is 26.3 Å². The average Bonchev–Trinajstić information content (AvgIpc) is 3.15. The molecule has 1 saturated heterocycles. The predicted octanol–water partition coefficient (Wildman–Crippen LogP) is 3.03. The van der Waals surface area contributed by atoms with E-state index in [0.29, 0.717) is 24.0 Å². The molecular formula is C15H17N3O2S. The van der Waals surface area contributed by atoms with Crippen molar-refractivity contribution in [2.75, 3.05) is 11.6 Å². The van der Waals surface area contributed by atoms with Crippen molar-refractivity contribution in [3.8, 4) is 11.4 Å². The number of carbonyl (C=O) groups is 1. The van der Waals surface area contributed by atoms with Crippen molar-refractivity contribution in [1.82, 2.24) is 15.0 Å². The van der Waals surface area contributed by atoms with Gasteiger partial charge in [-0.3, -0.25) is 4.79 Å². The monoisotopic (exact) mass is 303 g/mol. The van der Waals surface area contributed by atoms with Gasteiger partial charge in [-0.05, 0) is 6.92 Å². The molecule has 0 saturated carbocycles. The summed E-state index contributed by atoms with van der Waals surface area (Å²) in [5.41, 5.74) is 2.11. The zero-order valence-electron chi connectivity index (χ0n) is 12.1. The highest BCUT2D eigenvalue weighted by Crippen LogP contribution is 2.33. The van der Waals surface area contributed by atoms with Crippen molar-refractivity contribution in [3.63, 3.8) is 0 Å². The van der Waals surface area contributed by atoms with Gasteiger partial charge in [-0.1, -0.05) is 41.9 Å². The average molecular weight is 303 g/mol. The van der Waals surface area contributed by atoms with Crippen molar-refractivity contribution in [3.05, 3.63) is 35.7 Å². The predicted molar refractivity (Wildman–Crippen MR) is 81.7 cm³/mol. The summed E-state index contributed by atoms with van der Waals surface area (Å²) in [6, 6.07) is 7.88. The van der Waals surface area contributed by atoms with Gasteiger partial charge < -0.3 is 9.42 Å². The molecule has 110 valence electrons. The van der Waals surface area contributed by atoms with Gasteiger partial charge in [0.05, 0.1) is 5.88 Å². The van der Waals surface area contributed by atoms with Crippen LogP contribution in [-0.2, 0) is 4.79 Å². The number of aryl methyl sites for hydroxylation is 1. The summed E-state index contributed by atoms with van der Waals surface area (Å²) >= 11 is 1.71. The molecule has 6 heteroatoms.